The predicted molar refractivity (Wildman–Crippen MR) is 86.7 cm³/mol. The second-order valence-electron chi connectivity index (χ2n) is 5.23. The van der Waals surface area contributed by atoms with E-state index in [1.165, 1.54) is 0 Å². The van der Waals surface area contributed by atoms with E-state index in [9.17, 15) is 4.79 Å². The van der Waals surface area contributed by atoms with E-state index in [1.807, 2.05) is 30.9 Å². The van der Waals surface area contributed by atoms with Gasteiger partial charge in [0.2, 0.25) is 0 Å². The van der Waals surface area contributed by atoms with Gasteiger partial charge in [-0.05, 0) is 30.7 Å². The number of amides is 1. The molecule has 0 radical (unpaired) electrons. The van der Waals surface area contributed by atoms with Crippen LogP contribution >= 0.6 is 11.3 Å². The maximum atomic E-state index is 12.4. The molecule has 0 spiro atoms. The van der Waals surface area contributed by atoms with Gasteiger partial charge in [0.1, 0.15) is 10.5 Å². The molecule has 1 amide bonds. The van der Waals surface area contributed by atoms with Gasteiger partial charge >= 0.3 is 0 Å². The van der Waals surface area contributed by atoms with Crippen molar-refractivity contribution in [2.75, 3.05) is 18.5 Å². The van der Waals surface area contributed by atoms with E-state index in [1.54, 1.807) is 23.7 Å². The maximum absolute atomic E-state index is 12.4. The largest absolute Gasteiger partial charge is 0.349 e. The predicted octanol–water partition coefficient (Wildman–Crippen LogP) is 3.46. The van der Waals surface area contributed by atoms with Crippen molar-refractivity contribution in [1.82, 2.24) is 9.88 Å². The number of likely N-dealkylation sites (N-methyl/N-ethyl adjacent to an activating group) is 1. The molecule has 0 N–H and O–H groups in total. The third kappa shape index (κ3) is 1.95. The topological polar surface area (TPSA) is 36.2 Å². The molecule has 2 aromatic rings. The molecule has 2 aromatic heterocycles. The van der Waals surface area contributed by atoms with Crippen LogP contribution in [0.15, 0.2) is 30.6 Å². The van der Waals surface area contributed by atoms with Crippen molar-refractivity contribution in [3.63, 3.8) is 0 Å². The summed E-state index contributed by atoms with van der Waals surface area (Å²) in [7, 11) is 2.06. The molecule has 110 valence electrons. The molecule has 2 aliphatic heterocycles. The summed E-state index contributed by atoms with van der Waals surface area (Å²) in [6, 6.07) is 6.07. The fourth-order valence-corrected chi connectivity index (χ4v) is 3.81. The average Bonchev–Trinajstić information content (AvgIpc) is 3.05. The van der Waals surface area contributed by atoms with Gasteiger partial charge in [0.05, 0.1) is 12.2 Å². The van der Waals surface area contributed by atoms with Crippen LogP contribution < -0.4 is 4.90 Å². The zero-order valence-electron chi connectivity index (χ0n) is 12.8. The van der Waals surface area contributed by atoms with E-state index in [0.29, 0.717) is 0 Å². The second kappa shape index (κ2) is 4.84. The Labute approximate surface area is 129 Å². The number of hydrogen-bond donors (Lipinski definition) is 0. The molecule has 0 aromatic carbocycles. The van der Waals surface area contributed by atoms with Crippen molar-refractivity contribution in [3.8, 4) is 10.4 Å². The third-order valence-electron chi connectivity index (χ3n) is 4.14. The molecular formula is C16H19N3OS. The van der Waals surface area contributed by atoms with Gasteiger partial charge in [0.15, 0.2) is 0 Å². The highest BCUT2D eigenvalue weighted by atomic mass is 32.1. The van der Waals surface area contributed by atoms with Crippen molar-refractivity contribution in [2.24, 2.45) is 0 Å². The lowest BCUT2D eigenvalue weighted by atomic mass is 10.2. The van der Waals surface area contributed by atoms with E-state index < -0.39 is 0 Å². The summed E-state index contributed by atoms with van der Waals surface area (Å²) in [5.74, 6) is 0.168. The number of nitrogens with zero attached hydrogens (tertiary/aromatic N) is 3. The Kier molecular flexibility index (Phi) is 3.24. The van der Waals surface area contributed by atoms with Crippen LogP contribution in [0.25, 0.3) is 10.4 Å². The molecule has 4 heterocycles. The standard InChI is InChI=1S/C14H13N3OS.C2H6/c1-14-8-17(14)13(18)12-10(16(14)2)7-11(19-12)9-3-5-15-6-4-9;1-2/h3-7H,8H2,1-2H3;1-2H3. The van der Waals surface area contributed by atoms with Crippen LogP contribution in [0, 0.1) is 0 Å². The Hall–Kier alpha value is -1.88. The Balaban J connectivity index is 0.000000636. The smallest absolute Gasteiger partial charge is 0.268 e. The SMILES string of the molecule is CC.CN1c2cc(-c3ccncc3)sc2C(=O)N2CC21C. The number of hydrogen-bond acceptors (Lipinski definition) is 4. The monoisotopic (exact) mass is 301 g/mol. The number of thiophene rings is 1. The van der Waals surface area contributed by atoms with Crippen molar-refractivity contribution in [1.29, 1.82) is 0 Å². The van der Waals surface area contributed by atoms with Gasteiger partial charge < -0.3 is 9.80 Å². The molecule has 4 nitrogen and oxygen atoms in total. The lowest BCUT2D eigenvalue weighted by molar-refractivity contribution is 0.0853. The molecular weight excluding hydrogens is 282 g/mol. The van der Waals surface area contributed by atoms with Gasteiger partial charge in [-0.25, -0.2) is 0 Å². The van der Waals surface area contributed by atoms with Crippen LogP contribution in [0.2, 0.25) is 0 Å². The molecule has 0 aliphatic carbocycles. The van der Waals surface area contributed by atoms with Gasteiger partial charge in [0.25, 0.3) is 5.91 Å². The molecule has 0 bridgehead atoms. The Morgan fingerprint density at radius 3 is 2.62 bits per heavy atom. The Bertz CT molecular complexity index is 682. The maximum Gasteiger partial charge on any atom is 0.268 e. The quantitative estimate of drug-likeness (QED) is 0.757. The number of carbonyl (C=O) groups is 1. The van der Waals surface area contributed by atoms with E-state index in [2.05, 4.69) is 29.9 Å². The first-order valence-corrected chi connectivity index (χ1v) is 8.03. The van der Waals surface area contributed by atoms with Crippen LogP contribution in [0.3, 0.4) is 0 Å². The lowest BCUT2D eigenvalue weighted by Crippen LogP contribution is -2.41. The minimum absolute atomic E-state index is 0.110. The van der Waals surface area contributed by atoms with Crippen LogP contribution in [0.4, 0.5) is 5.69 Å². The van der Waals surface area contributed by atoms with Gasteiger partial charge in [-0.3, -0.25) is 9.78 Å². The molecule has 0 saturated carbocycles. The highest BCUT2D eigenvalue weighted by Crippen LogP contribution is 2.49. The Morgan fingerprint density at radius 2 is 1.95 bits per heavy atom. The summed E-state index contributed by atoms with van der Waals surface area (Å²) in [6.07, 6.45) is 3.56. The summed E-state index contributed by atoms with van der Waals surface area (Å²) in [6.45, 7) is 6.94. The first-order chi connectivity index (χ1) is 10.1. The van der Waals surface area contributed by atoms with Gasteiger partial charge in [0, 0.05) is 24.3 Å². The molecule has 2 aliphatic rings. The third-order valence-corrected chi connectivity index (χ3v) is 5.30. The first-order valence-electron chi connectivity index (χ1n) is 7.21. The zero-order valence-corrected chi connectivity index (χ0v) is 13.6. The number of rotatable bonds is 1. The molecule has 4 rings (SSSR count). The lowest BCUT2D eigenvalue weighted by Gasteiger charge is -2.31. The van der Waals surface area contributed by atoms with Crippen LogP contribution in [-0.4, -0.2) is 35.0 Å². The molecule has 1 fully saturated rings. The van der Waals surface area contributed by atoms with Gasteiger partial charge in [-0.2, -0.15) is 0 Å². The molecule has 1 unspecified atom stereocenters. The van der Waals surface area contributed by atoms with Crippen molar-refractivity contribution in [2.45, 2.75) is 26.4 Å². The summed E-state index contributed by atoms with van der Waals surface area (Å²) >= 11 is 1.57. The van der Waals surface area contributed by atoms with E-state index in [4.69, 9.17) is 0 Å². The van der Waals surface area contributed by atoms with E-state index in [0.717, 1.165) is 27.5 Å². The van der Waals surface area contributed by atoms with Gasteiger partial charge in [-0.1, -0.05) is 13.8 Å². The normalized spacial score (nSPS) is 22.2. The van der Waals surface area contributed by atoms with E-state index >= 15 is 0 Å². The number of aromatic nitrogens is 1. The van der Waals surface area contributed by atoms with Crippen molar-refractivity contribution in [3.05, 3.63) is 35.5 Å². The highest BCUT2D eigenvalue weighted by Gasteiger charge is 2.58. The number of fused-ring (bicyclic) bond motifs is 2. The number of carbonyl (C=O) groups excluding carboxylic acids is 1. The van der Waals surface area contributed by atoms with Crippen LogP contribution in [0.5, 0.6) is 0 Å². The molecule has 21 heavy (non-hydrogen) atoms. The zero-order chi connectivity index (χ0) is 15.2. The minimum Gasteiger partial charge on any atom is -0.349 e. The van der Waals surface area contributed by atoms with Crippen LogP contribution in [0.1, 0.15) is 30.4 Å². The summed E-state index contributed by atoms with van der Waals surface area (Å²) in [5.41, 5.74) is 2.06. The van der Waals surface area contributed by atoms with Gasteiger partial charge in [-0.15, -0.1) is 11.3 Å². The Morgan fingerprint density at radius 1 is 1.29 bits per heavy atom. The fraction of sp³-hybridized carbons (Fsp3) is 0.375. The molecule has 5 heteroatoms. The number of pyridine rings is 1. The molecule has 1 atom stereocenters. The van der Waals surface area contributed by atoms with Crippen LogP contribution in [-0.2, 0) is 0 Å². The highest BCUT2D eigenvalue weighted by molar-refractivity contribution is 7.18. The summed E-state index contributed by atoms with van der Waals surface area (Å²) < 4.78 is 0. The summed E-state index contributed by atoms with van der Waals surface area (Å²) in [4.78, 5) is 22.5. The average molecular weight is 301 g/mol. The van der Waals surface area contributed by atoms with Crippen molar-refractivity contribution < 1.29 is 4.79 Å². The van der Waals surface area contributed by atoms with Crippen molar-refractivity contribution >= 4 is 22.9 Å². The second-order valence-corrected chi connectivity index (χ2v) is 6.28. The fourth-order valence-electron chi connectivity index (χ4n) is 2.67. The molecule has 1 saturated heterocycles. The summed E-state index contributed by atoms with van der Waals surface area (Å²) in [5, 5.41) is 0. The minimum atomic E-state index is -0.110. The number of anilines is 1. The first kappa shape index (κ1) is 14.1. The van der Waals surface area contributed by atoms with E-state index in [-0.39, 0.29) is 11.6 Å².